The van der Waals surface area contributed by atoms with Gasteiger partial charge in [0.2, 0.25) is 5.91 Å². The number of nitrogens with zero attached hydrogens (tertiary/aromatic N) is 2. The molecule has 0 saturated heterocycles. The van der Waals surface area contributed by atoms with E-state index in [2.05, 4.69) is 10.4 Å². The molecule has 0 spiro atoms. The van der Waals surface area contributed by atoms with Gasteiger partial charge in [0.05, 0.1) is 18.3 Å². The Hall–Kier alpha value is -2.63. The van der Waals surface area contributed by atoms with Gasteiger partial charge in [0.25, 0.3) is 0 Å². The van der Waals surface area contributed by atoms with Crippen LogP contribution in [0.3, 0.4) is 0 Å². The Morgan fingerprint density at radius 2 is 2.04 bits per heavy atom. The van der Waals surface area contributed by atoms with Crippen LogP contribution in [-0.4, -0.2) is 32.8 Å². The molecule has 1 aromatic carbocycles. The first kappa shape index (κ1) is 16.7. The van der Waals surface area contributed by atoms with Crippen molar-refractivity contribution in [2.24, 2.45) is 0 Å². The summed E-state index contributed by atoms with van der Waals surface area (Å²) in [5.74, 6) is -1.30. The quantitative estimate of drug-likeness (QED) is 0.782. The Balaban J connectivity index is 1.95. The number of unbranched alkanes of at least 4 members (excludes halogenated alkanes) is 1. The number of para-hydroxylation sites is 1. The molecule has 0 fully saturated rings. The first-order valence-corrected chi connectivity index (χ1v) is 7.71. The molecule has 0 radical (unpaired) electrons. The van der Waals surface area contributed by atoms with E-state index in [1.165, 1.54) is 0 Å². The standard InChI is InChI=1S/C17H21N3O3/c1-2-3-9-15(17(22)23)19-16(21)10-13-11-18-20(12-13)14-7-5-4-6-8-14/h4-8,11-12,15H,2-3,9-10H2,1H3,(H,19,21)(H,22,23)/t15-/m0/s1. The van der Waals surface area contributed by atoms with Crippen LogP contribution in [0.4, 0.5) is 0 Å². The fraction of sp³-hybridized carbons (Fsp3) is 0.353. The van der Waals surface area contributed by atoms with Crippen molar-refractivity contribution in [1.82, 2.24) is 15.1 Å². The number of benzene rings is 1. The second-order valence-electron chi connectivity index (χ2n) is 5.41. The van der Waals surface area contributed by atoms with Gasteiger partial charge in [-0.2, -0.15) is 5.10 Å². The molecule has 0 saturated carbocycles. The van der Waals surface area contributed by atoms with Crippen LogP contribution in [-0.2, 0) is 16.0 Å². The van der Waals surface area contributed by atoms with Crippen LogP contribution in [0.5, 0.6) is 0 Å². The molecule has 0 aliphatic rings. The molecule has 0 bridgehead atoms. The lowest BCUT2D eigenvalue weighted by molar-refractivity contribution is -0.142. The van der Waals surface area contributed by atoms with Gasteiger partial charge in [-0.15, -0.1) is 0 Å². The number of aliphatic carboxylic acids is 1. The molecule has 1 heterocycles. The number of carbonyl (C=O) groups excluding carboxylic acids is 1. The molecule has 2 N–H and O–H groups in total. The van der Waals surface area contributed by atoms with Crippen molar-refractivity contribution < 1.29 is 14.7 Å². The Morgan fingerprint density at radius 3 is 2.70 bits per heavy atom. The van der Waals surface area contributed by atoms with Crippen molar-refractivity contribution in [2.75, 3.05) is 0 Å². The number of hydrogen-bond acceptors (Lipinski definition) is 3. The number of rotatable bonds is 8. The van der Waals surface area contributed by atoms with E-state index in [-0.39, 0.29) is 12.3 Å². The largest absolute Gasteiger partial charge is 0.480 e. The highest BCUT2D eigenvalue weighted by Crippen LogP contribution is 2.08. The molecular weight excluding hydrogens is 294 g/mol. The minimum absolute atomic E-state index is 0.114. The Labute approximate surface area is 135 Å². The Bertz CT molecular complexity index is 652. The summed E-state index contributed by atoms with van der Waals surface area (Å²) in [5.41, 5.74) is 1.65. The summed E-state index contributed by atoms with van der Waals surface area (Å²) in [7, 11) is 0. The first-order valence-electron chi connectivity index (χ1n) is 7.71. The van der Waals surface area contributed by atoms with E-state index in [1.54, 1.807) is 17.1 Å². The average Bonchev–Trinajstić information content (AvgIpc) is 3.00. The van der Waals surface area contributed by atoms with E-state index < -0.39 is 12.0 Å². The van der Waals surface area contributed by atoms with E-state index in [9.17, 15) is 9.59 Å². The van der Waals surface area contributed by atoms with Crippen molar-refractivity contribution in [2.45, 2.75) is 38.6 Å². The predicted molar refractivity (Wildman–Crippen MR) is 86.4 cm³/mol. The molecular formula is C17H21N3O3. The minimum Gasteiger partial charge on any atom is -0.480 e. The van der Waals surface area contributed by atoms with Gasteiger partial charge in [0.1, 0.15) is 6.04 Å². The molecule has 6 heteroatoms. The number of carboxylic acid groups (broad SMARTS) is 1. The lowest BCUT2D eigenvalue weighted by atomic mass is 10.1. The smallest absolute Gasteiger partial charge is 0.326 e. The maximum Gasteiger partial charge on any atom is 0.326 e. The number of carbonyl (C=O) groups is 2. The van der Waals surface area contributed by atoms with E-state index in [4.69, 9.17) is 5.11 Å². The molecule has 1 atom stereocenters. The maximum absolute atomic E-state index is 12.0. The van der Waals surface area contributed by atoms with Crippen LogP contribution in [0.1, 0.15) is 31.7 Å². The lowest BCUT2D eigenvalue weighted by Gasteiger charge is -2.13. The zero-order valence-corrected chi connectivity index (χ0v) is 13.1. The lowest BCUT2D eigenvalue weighted by Crippen LogP contribution is -2.41. The van der Waals surface area contributed by atoms with Crippen molar-refractivity contribution >= 4 is 11.9 Å². The van der Waals surface area contributed by atoms with Crippen LogP contribution >= 0.6 is 0 Å². The molecule has 0 aliphatic carbocycles. The van der Waals surface area contributed by atoms with Crippen LogP contribution in [0.25, 0.3) is 5.69 Å². The highest BCUT2D eigenvalue weighted by molar-refractivity contribution is 5.84. The third kappa shape index (κ3) is 4.95. The predicted octanol–water partition coefficient (Wildman–Crippen LogP) is 2.17. The van der Waals surface area contributed by atoms with Crippen molar-refractivity contribution in [3.8, 4) is 5.69 Å². The van der Waals surface area contributed by atoms with E-state index >= 15 is 0 Å². The monoisotopic (exact) mass is 315 g/mol. The molecule has 2 rings (SSSR count). The number of carboxylic acids is 1. The minimum atomic E-state index is -0.994. The molecule has 122 valence electrons. The summed E-state index contributed by atoms with van der Waals surface area (Å²) in [6.07, 6.45) is 5.61. The molecule has 2 aromatic rings. The van der Waals surface area contributed by atoms with E-state index in [0.29, 0.717) is 6.42 Å². The van der Waals surface area contributed by atoms with Crippen LogP contribution < -0.4 is 5.32 Å². The number of aromatic nitrogens is 2. The molecule has 0 unspecified atom stereocenters. The number of amides is 1. The Morgan fingerprint density at radius 1 is 1.30 bits per heavy atom. The van der Waals surface area contributed by atoms with Crippen molar-refractivity contribution in [1.29, 1.82) is 0 Å². The third-order valence-corrected chi connectivity index (χ3v) is 3.50. The van der Waals surface area contributed by atoms with Crippen LogP contribution in [0, 0.1) is 0 Å². The number of nitrogens with one attached hydrogen (secondary N) is 1. The van der Waals surface area contributed by atoms with E-state index in [1.807, 2.05) is 37.3 Å². The summed E-state index contributed by atoms with van der Waals surface area (Å²) in [6.45, 7) is 1.98. The normalized spacial score (nSPS) is 11.9. The first-order chi connectivity index (χ1) is 11.1. The van der Waals surface area contributed by atoms with Gasteiger partial charge in [-0.25, -0.2) is 9.48 Å². The zero-order valence-electron chi connectivity index (χ0n) is 13.1. The van der Waals surface area contributed by atoms with Gasteiger partial charge in [-0.1, -0.05) is 38.0 Å². The van der Waals surface area contributed by atoms with E-state index in [0.717, 1.165) is 24.1 Å². The van der Waals surface area contributed by atoms with Gasteiger partial charge < -0.3 is 10.4 Å². The molecule has 23 heavy (non-hydrogen) atoms. The van der Waals surface area contributed by atoms with Crippen LogP contribution in [0.15, 0.2) is 42.7 Å². The summed E-state index contributed by atoms with van der Waals surface area (Å²) in [6, 6.07) is 8.75. The summed E-state index contributed by atoms with van der Waals surface area (Å²) >= 11 is 0. The van der Waals surface area contributed by atoms with Crippen molar-refractivity contribution in [3.05, 3.63) is 48.3 Å². The molecule has 1 amide bonds. The fourth-order valence-corrected chi connectivity index (χ4v) is 2.27. The maximum atomic E-state index is 12.0. The fourth-order valence-electron chi connectivity index (χ4n) is 2.27. The summed E-state index contributed by atoms with van der Waals surface area (Å²) < 4.78 is 1.69. The van der Waals surface area contributed by atoms with Crippen LogP contribution in [0.2, 0.25) is 0 Å². The SMILES string of the molecule is CCCC[C@H](NC(=O)Cc1cnn(-c2ccccc2)c1)C(=O)O. The summed E-state index contributed by atoms with van der Waals surface area (Å²) in [4.78, 5) is 23.2. The second-order valence-corrected chi connectivity index (χ2v) is 5.41. The van der Waals surface area contributed by atoms with Gasteiger partial charge in [0.15, 0.2) is 0 Å². The van der Waals surface area contributed by atoms with Gasteiger partial charge in [-0.3, -0.25) is 4.79 Å². The third-order valence-electron chi connectivity index (χ3n) is 3.50. The number of hydrogen-bond donors (Lipinski definition) is 2. The highest BCUT2D eigenvalue weighted by atomic mass is 16.4. The second kappa shape index (κ2) is 8.12. The highest BCUT2D eigenvalue weighted by Gasteiger charge is 2.19. The topological polar surface area (TPSA) is 84.2 Å². The van der Waals surface area contributed by atoms with Gasteiger partial charge in [-0.05, 0) is 24.1 Å². The van der Waals surface area contributed by atoms with Crippen molar-refractivity contribution in [3.63, 3.8) is 0 Å². The molecule has 6 nitrogen and oxygen atoms in total. The summed E-state index contributed by atoms with van der Waals surface area (Å²) in [5, 5.41) is 15.9. The molecule has 1 aromatic heterocycles. The average molecular weight is 315 g/mol. The molecule has 0 aliphatic heterocycles. The Kier molecular flexibility index (Phi) is 5.91. The van der Waals surface area contributed by atoms with Gasteiger partial charge >= 0.3 is 5.97 Å². The zero-order chi connectivity index (χ0) is 16.7. The van der Waals surface area contributed by atoms with Gasteiger partial charge in [0, 0.05) is 6.20 Å².